The number of sulfonamides is 1. The number of H-pyrrole nitrogens is 1. The number of aromatic amines is 1. The molecule has 4 rings (SSSR count). The van der Waals surface area contributed by atoms with E-state index in [9.17, 15) is 13.2 Å². The van der Waals surface area contributed by atoms with E-state index in [-0.39, 0.29) is 16.5 Å². The highest BCUT2D eigenvalue weighted by atomic mass is 32.2. The van der Waals surface area contributed by atoms with Gasteiger partial charge in [0.05, 0.1) is 10.3 Å². The summed E-state index contributed by atoms with van der Waals surface area (Å²) in [6.45, 7) is 3.88. The van der Waals surface area contributed by atoms with Crippen LogP contribution in [-0.2, 0) is 10.0 Å². The molecule has 0 aliphatic heterocycles. The average molecular weight is 375 g/mol. The van der Waals surface area contributed by atoms with Crippen molar-refractivity contribution in [1.29, 1.82) is 0 Å². The Morgan fingerprint density at radius 3 is 2.52 bits per heavy atom. The third-order valence-electron chi connectivity index (χ3n) is 4.38. The fourth-order valence-corrected chi connectivity index (χ4v) is 5.01. The van der Waals surface area contributed by atoms with Gasteiger partial charge >= 0.3 is 0 Å². The van der Waals surface area contributed by atoms with Crippen LogP contribution in [-0.4, -0.2) is 24.4 Å². The number of hydrogen-bond donors (Lipinski definition) is 2. The first-order valence-corrected chi connectivity index (χ1v) is 10.3. The zero-order valence-corrected chi connectivity index (χ0v) is 15.4. The molecule has 0 radical (unpaired) electrons. The summed E-state index contributed by atoms with van der Waals surface area (Å²) in [6.07, 6.45) is 1.78. The van der Waals surface area contributed by atoms with Gasteiger partial charge in [-0.25, -0.2) is 18.1 Å². The van der Waals surface area contributed by atoms with Crippen LogP contribution in [0.1, 0.15) is 23.3 Å². The van der Waals surface area contributed by atoms with Gasteiger partial charge in [0.1, 0.15) is 10.7 Å². The summed E-state index contributed by atoms with van der Waals surface area (Å²) in [5.41, 5.74) is 1.45. The standard InChI is InChI=1S/C17H17N3O3S2/c1-9-10(2)24-17-14(9)16(21)18-15(19-17)11-3-7-13(8-4-11)25(22,23)20-12-5-6-12/h3-4,7-8,12,20H,5-6H2,1-2H3,(H,18,19,21). The summed E-state index contributed by atoms with van der Waals surface area (Å²) in [5, 5.41) is 0.624. The zero-order chi connectivity index (χ0) is 17.8. The first-order chi connectivity index (χ1) is 11.8. The van der Waals surface area contributed by atoms with Crippen molar-refractivity contribution in [2.45, 2.75) is 37.6 Å². The molecule has 0 atom stereocenters. The van der Waals surface area contributed by atoms with Crippen molar-refractivity contribution in [3.63, 3.8) is 0 Å². The minimum absolute atomic E-state index is 0.0652. The molecule has 1 fully saturated rings. The summed E-state index contributed by atoms with van der Waals surface area (Å²) >= 11 is 1.49. The number of benzene rings is 1. The highest BCUT2D eigenvalue weighted by Gasteiger charge is 2.27. The molecule has 0 unspecified atom stereocenters. The van der Waals surface area contributed by atoms with Crippen molar-refractivity contribution in [3.05, 3.63) is 45.1 Å². The number of aromatic nitrogens is 2. The van der Waals surface area contributed by atoms with Gasteiger partial charge in [0, 0.05) is 16.5 Å². The van der Waals surface area contributed by atoms with Gasteiger partial charge < -0.3 is 4.98 Å². The zero-order valence-electron chi connectivity index (χ0n) is 13.8. The molecule has 6 nitrogen and oxygen atoms in total. The lowest BCUT2D eigenvalue weighted by Gasteiger charge is -2.06. The predicted molar refractivity (Wildman–Crippen MR) is 98.5 cm³/mol. The minimum Gasteiger partial charge on any atom is -0.306 e. The monoisotopic (exact) mass is 375 g/mol. The van der Waals surface area contributed by atoms with Crippen LogP contribution in [0.3, 0.4) is 0 Å². The second-order valence-corrected chi connectivity index (χ2v) is 9.22. The number of nitrogens with zero attached hydrogens (tertiary/aromatic N) is 1. The van der Waals surface area contributed by atoms with Crippen molar-refractivity contribution >= 4 is 31.6 Å². The Morgan fingerprint density at radius 2 is 1.88 bits per heavy atom. The van der Waals surface area contributed by atoms with E-state index < -0.39 is 10.0 Å². The average Bonchev–Trinajstić information content (AvgIpc) is 3.32. The van der Waals surface area contributed by atoms with Crippen LogP contribution in [0.15, 0.2) is 34.0 Å². The van der Waals surface area contributed by atoms with Crippen LogP contribution in [0, 0.1) is 13.8 Å². The first-order valence-electron chi connectivity index (χ1n) is 7.98. The summed E-state index contributed by atoms with van der Waals surface area (Å²) < 4.78 is 27.1. The normalized spacial score (nSPS) is 15.0. The largest absolute Gasteiger partial charge is 0.306 e. The van der Waals surface area contributed by atoms with Gasteiger partial charge in [-0.15, -0.1) is 11.3 Å². The summed E-state index contributed by atoms with van der Waals surface area (Å²) in [5.74, 6) is 0.442. The number of rotatable bonds is 4. The van der Waals surface area contributed by atoms with Gasteiger partial charge in [0.15, 0.2) is 0 Å². The van der Waals surface area contributed by atoms with E-state index in [0.717, 1.165) is 23.3 Å². The Balaban J connectivity index is 1.73. The summed E-state index contributed by atoms with van der Waals surface area (Å²) in [6, 6.07) is 6.47. The van der Waals surface area contributed by atoms with E-state index >= 15 is 0 Å². The van der Waals surface area contributed by atoms with Crippen LogP contribution >= 0.6 is 11.3 Å². The molecule has 1 saturated carbocycles. The summed E-state index contributed by atoms with van der Waals surface area (Å²) in [7, 11) is -3.48. The van der Waals surface area contributed by atoms with E-state index in [4.69, 9.17) is 0 Å². The SMILES string of the molecule is Cc1sc2nc(-c3ccc(S(=O)(=O)NC4CC4)cc3)[nH]c(=O)c2c1C. The van der Waals surface area contributed by atoms with Gasteiger partial charge in [-0.2, -0.15) is 0 Å². The fraction of sp³-hybridized carbons (Fsp3) is 0.294. The van der Waals surface area contributed by atoms with Crippen LogP contribution in [0.5, 0.6) is 0 Å². The molecule has 0 saturated heterocycles. The molecular formula is C17H17N3O3S2. The van der Waals surface area contributed by atoms with Gasteiger partial charge in [-0.05, 0) is 56.5 Å². The van der Waals surface area contributed by atoms with Crippen molar-refractivity contribution < 1.29 is 8.42 Å². The molecule has 130 valence electrons. The lowest BCUT2D eigenvalue weighted by molar-refractivity contribution is 0.581. The fourth-order valence-electron chi connectivity index (χ4n) is 2.67. The van der Waals surface area contributed by atoms with Gasteiger partial charge in [-0.3, -0.25) is 4.79 Å². The molecule has 0 bridgehead atoms. The molecule has 25 heavy (non-hydrogen) atoms. The Morgan fingerprint density at radius 1 is 1.20 bits per heavy atom. The summed E-state index contributed by atoms with van der Waals surface area (Å²) in [4.78, 5) is 21.7. The molecular weight excluding hydrogens is 358 g/mol. The predicted octanol–water partition coefficient (Wildman–Crippen LogP) is 2.71. The molecule has 0 amide bonds. The Hall–Kier alpha value is -2.03. The van der Waals surface area contributed by atoms with Crippen LogP contribution in [0.2, 0.25) is 0 Å². The van der Waals surface area contributed by atoms with Crippen molar-refractivity contribution in [1.82, 2.24) is 14.7 Å². The maximum Gasteiger partial charge on any atom is 0.260 e. The van der Waals surface area contributed by atoms with Crippen molar-refractivity contribution in [2.75, 3.05) is 0 Å². The number of nitrogens with one attached hydrogen (secondary N) is 2. The maximum absolute atomic E-state index is 12.4. The van der Waals surface area contributed by atoms with Crippen LogP contribution in [0.25, 0.3) is 21.6 Å². The lowest BCUT2D eigenvalue weighted by atomic mass is 10.2. The van der Waals surface area contributed by atoms with Gasteiger partial charge in [0.25, 0.3) is 5.56 Å². The van der Waals surface area contributed by atoms with E-state index in [1.165, 1.54) is 23.5 Å². The molecule has 8 heteroatoms. The molecule has 2 heterocycles. The molecule has 0 spiro atoms. The topological polar surface area (TPSA) is 91.9 Å². The second kappa shape index (κ2) is 5.76. The van der Waals surface area contributed by atoms with Gasteiger partial charge in [-0.1, -0.05) is 0 Å². The van der Waals surface area contributed by atoms with E-state index in [1.807, 2.05) is 13.8 Å². The minimum atomic E-state index is -3.48. The van der Waals surface area contributed by atoms with E-state index in [1.54, 1.807) is 12.1 Å². The first kappa shape index (κ1) is 16.4. The maximum atomic E-state index is 12.4. The molecule has 1 aliphatic carbocycles. The smallest absolute Gasteiger partial charge is 0.260 e. The lowest BCUT2D eigenvalue weighted by Crippen LogP contribution is -2.25. The Kier molecular flexibility index (Phi) is 3.78. The molecule has 1 aliphatic rings. The van der Waals surface area contributed by atoms with E-state index in [2.05, 4.69) is 14.7 Å². The van der Waals surface area contributed by atoms with E-state index in [0.29, 0.717) is 21.6 Å². The number of thiophene rings is 1. The quantitative estimate of drug-likeness (QED) is 0.733. The Labute approximate surface area is 149 Å². The number of aryl methyl sites for hydroxylation is 2. The molecule has 2 N–H and O–H groups in total. The third-order valence-corrected chi connectivity index (χ3v) is 7.01. The molecule has 3 aromatic rings. The second-order valence-electron chi connectivity index (χ2n) is 6.30. The third kappa shape index (κ3) is 3.01. The van der Waals surface area contributed by atoms with Crippen LogP contribution in [0.4, 0.5) is 0 Å². The highest BCUT2D eigenvalue weighted by Crippen LogP contribution is 2.28. The van der Waals surface area contributed by atoms with Crippen LogP contribution < -0.4 is 10.3 Å². The molecule has 2 aromatic heterocycles. The number of fused-ring (bicyclic) bond motifs is 1. The van der Waals surface area contributed by atoms with Crippen molar-refractivity contribution in [2.24, 2.45) is 0 Å². The molecule has 1 aromatic carbocycles. The number of hydrogen-bond acceptors (Lipinski definition) is 5. The van der Waals surface area contributed by atoms with Crippen molar-refractivity contribution in [3.8, 4) is 11.4 Å². The Bertz CT molecular complexity index is 1120. The van der Waals surface area contributed by atoms with Gasteiger partial charge in [0.2, 0.25) is 10.0 Å². The highest BCUT2D eigenvalue weighted by molar-refractivity contribution is 7.89.